The summed E-state index contributed by atoms with van der Waals surface area (Å²) < 4.78 is 13.1. The molecule has 0 aliphatic carbocycles. The molecule has 0 fully saturated rings. The van der Waals surface area contributed by atoms with Crippen molar-refractivity contribution < 1.29 is 14.3 Å². The number of hydrogen-bond acceptors (Lipinski definition) is 2. The number of nitrogens with one attached hydrogen (secondary N) is 2. The third-order valence-electron chi connectivity index (χ3n) is 3.28. The Hall–Kier alpha value is -1.62. The van der Waals surface area contributed by atoms with E-state index in [2.05, 4.69) is 10.6 Å². The Morgan fingerprint density at radius 2 is 2.16 bits per heavy atom. The molecule has 0 saturated carbocycles. The molecule has 106 valence electrons. The van der Waals surface area contributed by atoms with Crippen LogP contribution in [0, 0.1) is 12.7 Å². The van der Waals surface area contributed by atoms with Crippen LogP contribution in [0.4, 0.5) is 14.9 Å². The molecule has 3 N–H and O–H groups in total. The van der Waals surface area contributed by atoms with Gasteiger partial charge in [0.25, 0.3) is 0 Å². The van der Waals surface area contributed by atoms with E-state index in [-0.39, 0.29) is 18.5 Å². The second-order valence-corrected chi connectivity index (χ2v) is 4.93. The molecular formula is C14H21FN2O2. The molecule has 1 rings (SSSR count). The first kappa shape index (κ1) is 15.4. The zero-order chi connectivity index (χ0) is 14.5. The van der Waals surface area contributed by atoms with E-state index in [4.69, 9.17) is 5.11 Å². The molecule has 0 bridgehead atoms. The number of amides is 2. The van der Waals surface area contributed by atoms with Crippen LogP contribution in [0.3, 0.4) is 0 Å². The zero-order valence-corrected chi connectivity index (χ0v) is 11.6. The molecule has 0 aliphatic rings. The van der Waals surface area contributed by atoms with Crippen molar-refractivity contribution >= 4 is 11.7 Å². The van der Waals surface area contributed by atoms with Crippen LogP contribution in [0.2, 0.25) is 0 Å². The quantitative estimate of drug-likeness (QED) is 0.769. The first-order valence-electron chi connectivity index (χ1n) is 6.36. The Labute approximate surface area is 113 Å². The van der Waals surface area contributed by atoms with Crippen molar-refractivity contribution in [2.75, 3.05) is 11.9 Å². The van der Waals surface area contributed by atoms with E-state index >= 15 is 0 Å². The van der Waals surface area contributed by atoms with Crippen molar-refractivity contribution in [1.82, 2.24) is 5.32 Å². The third-order valence-corrected chi connectivity index (χ3v) is 3.28. The monoisotopic (exact) mass is 268 g/mol. The lowest BCUT2D eigenvalue weighted by Crippen LogP contribution is -2.48. The molecule has 5 heteroatoms. The molecule has 1 aromatic carbocycles. The first-order chi connectivity index (χ1) is 8.90. The third kappa shape index (κ3) is 4.52. The molecule has 1 unspecified atom stereocenters. The van der Waals surface area contributed by atoms with Gasteiger partial charge in [0.15, 0.2) is 0 Å². The van der Waals surface area contributed by atoms with E-state index < -0.39 is 5.54 Å². The summed E-state index contributed by atoms with van der Waals surface area (Å²) in [4.78, 5) is 11.9. The van der Waals surface area contributed by atoms with Crippen molar-refractivity contribution in [3.63, 3.8) is 0 Å². The van der Waals surface area contributed by atoms with Gasteiger partial charge in [-0.3, -0.25) is 0 Å². The largest absolute Gasteiger partial charge is 0.396 e. The molecule has 19 heavy (non-hydrogen) atoms. The molecule has 0 aliphatic heterocycles. The van der Waals surface area contributed by atoms with Crippen LogP contribution in [-0.2, 0) is 0 Å². The number of halogens is 1. The molecule has 2 amide bonds. The number of carbonyl (C=O) groups excluding carboxylic acids is 1. The van der Waals surface area contributed by atoms with Crippen molar-refractivity contribution in [3.05, 3.63) is 29.6 Å². The summed E-state index contributed by atoms with van der Waals surface area (Å²) in [6, 6.07) is 4.04. The van der Waals surface area contributed by atoms with Gasteiger partial charge in [0, 0.05) is 17.8 Å². The van der Waals surface area contributed by atoms with Gasteiger partial charge in [-0.2, -0.15) is 0 Å². The van der Waals surface area contributed by atoms with Gasteiger partial charge in [-0.15, -0.1) is 0 Å². The van der Waals surface area contributed by atoms with Crippen molar-refractivity contribution in [2.45, 2.75) is 39.2 Å². The van der Waals surface area contributed by atoms with Crippen LogP contribution in [0.5, 0.6) is 0 Å². The number of anilines is 1. The summed E-state index contributed by atoms with van der Waals surface area (Å²) in [5.74, 6) is -0.301. The molecule has 0 radical (unpaired) electrons. The van der Waals surface area contributed by atoms with Gasteiger partial charge in [-0.25, -0.2) is 9.18 Å². The molecular weight excluding hydrogens is 247 g/mol. The Bertz CT molecular complexity index is 451. The van der Waals surface area contributed by atoms with Gasteiger partial charge in [0.2, 0.25) is 0 Å². The fraction of sp³-hybridized carbons (Fsp3) is 0.500. The number of rotatable bonds is 5. The molecule has 4 nitrogen and oxygen atoms in total. The second kappa shape index (κ2) is 6.52. The summed E-state index contributed by atoms with van der Waals surface area (Å²) in [6.45, 7) is 5.47. The van der Waals surface area contributed by atoms with Gasteiger partial charge < -0.3 is 15.7 Å². The number of urea groups is 1. The predicted molar refractivity (Wildman–Crippen MR) is 73.7 cm³/mol. The van der Waals surface area contributed by atoms with Crippen LogP contribution in [0.15, 0.2) is 18.2 Å². The molecule has 1 atom stereocenters. The summed E-state index contributed by atoms with van der Waals surface area (Å²) in [7, 11) is 0. The van der Waals surface area contributed by atoms with E-state index in [0.29, 0.717) is 24.1 Å². The average molecular weight is 268 g/mol. The highest BCUT2D eigenvalue weighted by Gasteiger charge is 2.23. The lowest BCUT2D eigenvalue weighted by Gasteiger charge is -2.29. The maximum Gasteiger partial charge on any atom is 0.319 e. The van der Waals surface area contributed by atoms with Gasteiger partial charge in [0.1, 0.15) is 5.82 Å². The Balaban J connectivity index is 2.66. The van der Waals surface area contributed by atoms with Gasteiger partial charge >= 0.3 is 6.03 Å². The Morgan fingerprint density at radius 3 is 2.68 bits per heavy atom. The number of benzene rings is 1. The normalized spacial score (nSPS) is 13.7. The van der Waals surface area contributed by atoms with Crippen LogP contribution in [0.1, 0.15) is 32.3 Å². The molecule has 0 heterocycles. The highest BCUT2D eigenvalue weighted by Crippen LogP contribution is 2.16. The average Bonchev–Trinajstić information content (AvgIpc) is 2.34. The number of aliphatic hydroxyl groups excluding tert-OH is 1. The topological polar surface area (TPSA) is 61.4 Å². The van der Waals surface area contributed by atoms with Crippen molar-refractivity contribution in [1.29, 1.82) is 0 Å². The maximum atomic E-state index is 13.1. The van der Waals surface area contributed by atoms with E-state index in [9.17, 15) is 9.18 Å². The lowest BCUT2D eigenvalue weighted by molar-refractivity contribution is 0.208. The van der Waals surface area contributed by atoms with Gasteiger partial charge in [-0.05, 0) is 50.5 Å². The van der Waals surface area contributed by atoms with Gasteiger partial charge in [-0.1, -0.05) is 6.92 Å². The first-order valence-corrected chi connectivity index (χ1v) is 6.36. The molecule has 0 saturated heterocycles. The smallest absolute Gasteiger partial charge is 0.319 e. The van der Waals surface area contributed by atoms with E-state index in [1.165, 1.54) is 12.1 Å². The fourth-order valence-corrected chi connectivity index (χ4v) is 1.73. The highest BCUT2D eigenvalue weighted by molar-refractivity contribution is 5.89. The van der Waals surface area contributed by atoms with Crippen LogP contribution >= 0.6 is 0 Å². The van der Waals surface area contributed by atoms with Crippen LogP contribution in [0.25, 0.3) is 0 Å². The van der Waals surface area contributed by atoms with Crippen molar-refractivity contribution in [3.8, 4) is 0 Å². The standard InChI is InChI=1S/C14H21FN2O2/c1-4-14(3,7-8-18)17-13(19)16-11-5-6-12(15)10(2)9-11/h5-6,9,18H,4,7-8H2,1-3H3,(H2,16,17,19). The maximum absolute atomic E-state index is 13.1. The van der Waals surface area contributed by atoms with Crippen LogP contribution < -0.4 is 10.6 Å². The summed E-state index contributed by atoms with van der Waals surface area (Å²) >= 11 is 0. The fourth-order valence-electron chi connectivity index (χ4n) is 1.73. The minimum absolute atomic E-state index is 0.0142. The molecule has 0 aromatic heterocycles. The lowest BCUT2D eigenvalue weighted by atomic mass is 9.95. The van der Waals surface area contributed by atoms with E-state index in [0.717, 1.165) is 0 Å². The number of hydrogen-bond donors (Lipinski definition) is 3. The highest BCUT2D eigenvalue weighted by atomic mass is 19.1. The van der Waals surface area contributed by atoms with E-state index in [1.807, 2.05) is 13.8 Å². The van der Waals surface area contributed by atoms with Gasteiger partial charge in [0.05, 0.1) is 0 Å². The summed E-state index contributed by atoms with van der Waals surface area (Å²) in [6.07, 6.45) is 1.20. The summed E-state index contributed by atoms with van der Waals surface area (Å²) in [5.41, 5.74) is 0.568. The second-order valence-electron chi connectivity index (χ2n) is 4.93. The number of aliphatic hydroxyl groups is 1. The zero-order valence-electron chi connectivity index (χ0n) is 11.6. The minimum Gasteiger partial charge on any atom is -0.396 e. The number of carbonyl (C=O) groups is 1. The minimum atomic E-state index is -0.450. The molecule has 1 aromatic rings. The molecule has 0 spiro atoms. The van der Waals surface area contributed by atoms with Crippen LogP contribution in [-0.4, -0.2) is 23.3 Å². The summed E-state index contributed by atoms with van der Waals surface area (Å²) in [5, 5.41) is 14.5. The Morgan fingerprint density at radius 1 is 1.47 bits per heavy atom. The predicted octanol–water partition coefficient (Wildman–Crippen LogP) is 2.81. The Kier molecular flexibility index (Phi) is 5.30. The SMILES string of the molecule is CCC(C)(CCO)NC(=O)Nc1ccc(F)c(C)c1. The van der Waals surface area contributed by atoms with E-state index in [1.54, 1.807) is 13.0 Å². The van der Waals surface area contributed by atoms with Crippen molar-refractivity contribution in [2.24, 2.45) is 0 Å². The number of aryl methyl sites for hydroxylation is 1.